The van der Waals surface area contributed by atoms with E-state index in [1.165, 1.54) is 64.2 Å². The molecule has 0 bridgehead atoms. The van der Waals surface area contributed by atoms with Gasteiger partial charge in [-0.1, -0.05) is 77.6 Å². The van der Waals surface area contributed by atoms with E-state index in [2.05, 4.69) is 6.92 Å². The third kappa shape index (κ3) is 11.4. The predicted molar refractivity (Wildman–Crippen MR) is 114 cm³/mol. The molecule has 1 aromatic rings. The fourth-order valence-electron chi connectivity index (χ4n) is 3.30. The molecule has 0 atom stereocenters. The van der Waals surface area contributed by atoms with E-state index in [0.717, 1.165) is 19.4 Å². The zero-order chi connectivity index (χ0) is 20.6. The number of carboxylic acids is 1. The Hall–Kier alpha value is -1.49. The van der Waals surface area contributed by atoms with E-state index in [1.54, 1.807) is 6.07 Å². The van der Waals surface area contributed by atoms with Crippen LogP contribution in [0.15, 0.2) is 10.5 Å². The van der Waals surface area contributed by atoms with Gasteiger partial charge in [0.15, 0.2) is 0 Å². The number of hydrogen-bond acceptors (Lipinski definition) is 4. The van der Waals surface area contributed by atoms with Crippen LogP contribution in [0.5, 0.6) is 5.95 Å². The number of aromatic carboxylic acids is 1. The van der Waals surface area contributed by atoms with Crippen LogP contribution < -0.4 is 4.74 Å². The van der Waals surface area contributed by atoms with Gasteiger partial charge < -0.3 is 19.2 Å². The number of carboxylic acid groups (broad SMARTS) is 1. The first-order chi connectivity index (χ1) is 13.5. The summed E-state index contributed by atoms with van der Waals surface area (Å²) in [5.74, 6) is -0.699. The van der Waals surface area contributed by atoms with Gasteiger partial charge in [0.25, 0.3) is 5.95 Å². The first kappa shape index (κ1) is 24.5. The molecule has 0 saturated heterocycles. The van der Waals surface area contributed by atoms with E-state index in [9.17, 15) is 9.90 Å². The summed E-state index contributed by atoms with van der Waals surface area (Å²) in [7, 11) is 3.93. The highest BCUT2D eigenvalue weighted by molar-refractivity contribution is 5.86. The Balaban J connectivity index is 2.08. The van der Waals surface area contributed by atoms with Crippen molar-refractivity contribution in [3.8, 4) is 5.95 Å². The molecular weight excluding hydrogens is 354 g/mol. The number of rotatable bonds is 18. The molecule has 5 heteroatoms. The predicted octanol–water partition coefficient (Wildman–Crippen LogP) is 6.16. The summed E-state index contributed by atoms with van der Waals surface area (Å²) in [6.07, 6.45) is 16.3. The van der Waals surface area contributed by atoms with Crippen LogP contribution in [0.1, 0.15) is 100 Å². The molecule has 0 aliphatic rings. The second-order valence-corrected chi connectivity index (χ2v) is 8.02. The van der Waals surface area contributed by atoms with Crippen molar-refractivity contribution in [2.24, 2.45) is 0 Å². The van der Waals surface area contributed by atoms with Gasteiger partial charge in [0.1, 0.15) is 0 Å². The van der Waals surface area contributed by atoms with Crippen LogP contribution in [0.3, 0.4) is 0 Å². The lowest BCUT2D eigenvalue weighted by Crippen LogP contribution is -2.15. The molecule has 5 nitrogen and oxygen atoms in total. The van der Waals surface area contributed by atoms with Crippen molar-refractivity contribution >= 4 is 5.97 Å². The smallest absolute Gasteiger partial charge is 0.372 e. The molecule has 162 valence electrons. The normalized spacial score (nSPS) is 11.3. The van der Waals surface area contributed by atoms with E-state index in [-0.39, 0.29) is 5.76 Å². The van der Waals surface area contributed by atoms with Crippen molar-refractivity contribution in [3.63, 3.8) is 0 Å². The Bertz CT molecular complexity index is 525. The summed E-state index contributed by atoms with van der Waals surface area (Å²) in [4.78, 5) is 13.3. The average Bonchev–Trinajstić information content (AvgIpc) is 3.07. The molecule has 0 amide bonds. The van der Waals surface area contributed by atoms with Crippen LogP contribution in [0.2, 0.25) is 0 Å². The zero-order valence-corrected chi connectivity index (χ0v) is 18.3. The third-order valence-corrected chi connectivity index (χ3v) is 5.05. The van der Waals surface area contributed by atoms with Crippen LogP contribution in [-0.2, 0) is 6.42 Å². The molecule has 0 aliphatic heterocycles. The summed E-state index contributed by atoms with van der Waals surface area (Å²) in [5.41, 5.74) is 0.700. The Morgan fingerprint density at radius 1 is 0.964 bits per heavy atom. The second kappa shape index (κ2) is 15.4. The minimum atomic E-state index is -1.03. The average molecular weight is 396 g/mol. The number of carbonyl (C=O) groups is 1. The molecule has 0 aromatic carbocycles. The number of hydrogen-bond donors (Lipinski definition) is 1. The monoisotopic (exact) mass is 395 g/mol. The van der Waals surface area contributed by atoms with Crippen LogP contribution in [0.4, 0.5) is 0 Å². The summed E-state index contributed by atoms with van der Waals surface area (Å²) >= 11 is 0. The molecule has 0 radical (unpaired) electrons. The minimum absolute atomic E-state index is 0.00606. The Morgan fingerprint density at radius 2 is 1.50 bits per heavy atom. The van der Waals surface area contributed by atoms with Gasteiger partial charge in [-0.25, -0.2) is 4.79 Å². The van der Waals surface area contributed by atoms with Crippen molar-refractivity contribution in [1.29, 1.82) is 0 Å². The van der Waals surface area contributed by atoms with Crippen LogP contribution >= 0.6 is 0 Å². The van der Waals surface area contributed by atoms with E-state index < -0.39 is 5.97 Å². The van der Waals surface area contributed by atoms with Gasteiger partial charge in [0, 0.05) is 18.2 Å². The summed E-state index contributed by atoms with van der Waals surface area (Å²) < 4.78 is 11.0. The number of ether oxygens (including phenoxy) is 1. The molecule has 1 N–H and O–H groups in total. The summed E-state index contributed by atoms with van der Waals surface area (Å²) in [5, 5.41) is 9.27. The highest BCUT2D eigenvalue weighted by Gasteiger charge is 2.18. The second-order valence-electron chi connectivity index (χ2n) is 8.02. The lowest BCUT2D eigenvalue weighted by molar-refractivity contribution is 0.0651. The Kier molecular flexibility index (Phi) is 13.5. The highest BCUT2D eigenvalue weighted by atomic mass is 16.6. The molecular formula is C23H41NO4. The van der Waals surface area contributed by atoms with Gasteiger partial charge in [0.2, 0.25) is 5.76 Å². The SMILES string of the molecule is CCCCCCCCCCCCCCOc1cc(CCN(C)C)c(C(=O)O)o1. The molecule has 0 saturated carbocycles. The standard InChI is InChI=1S/C23H41NO4/c1-4-5-6-7-8-9-10-11-12-13-14-15-18-27-21-19-20(16-17-24(2)3)22(28-21)23(25)26/h19H,4-18H2,1-3H3,(H,25,26). The topological polar surface area (TPSA) is 62.9 Å². The zero-order valence-electron chi connectivity index (χ0n) is 18.3. The van der Waals surface area contributed by atoms with Gasteiger partial charge >= 0.3 is 5.97 Å². The van der Waals surface area contributed by atoms with Gasteiger partial charge in [-0.15, -0.1) is 0 Å². The summed E-state index contributed by atoms with van der Waals surface area (Å²) in [6.45, 7) is 3.62. The molecule has 0 fully saturated rings. The molecule has 1 rings (SSSR count). The quantitative estimate of drug-likeness (QED) is 0.301. The van der Waals surface area contributed by atoms with Crippen molar-refractivity contribution in [2.75, 3.05) is 27.2 Å². The molecule has 0 unspecified atom stereocenters. The maximum absolute atomic E-state index is 11.3. The van der Waals surface area contributed by atoms with E-state index in [0.29, 0.717) is 24.5 Å². The van der Waals surface area contributed by atoms with Gasteiger partial charge in [-0.2, -0.15) is 0 Å². The van der Waals surface area contributed by atoms with Gasteiger partial charge in [-0.3, -0.25) is 0 Å². The number of unbranched alkanes of at least 4 members (excludes halogenated alkanes) is 11. The lowest BCUT2D eigenvalue weighted by atomic mass is 10.1. The van der Waals surface area contributed by atoms with Crippen LogP contribution in [0, 0.1) is 0 Å². The van der Waals surface area contributed by atoms with Gasteiger partial charge in [-0.05, 0) is 26.9 Å². The van der Waals surface area contributed by atoms with E-state index >= 15 is 0 Å². The lowest BCUT2D eigenvalue weighted by Gasteiger charge is -2.07. The highest BCUT2D eigenvalue weighted by Crippen LogP contribution is 2.23. The van der Waals surface area contributed by atoms with Crippen molar-refractivity contribution in [3.05, 3.63) is 17.4 Å². The maximum Gasteiger partial charge on any atom is 0.372 e. The summed E-state index contributed by atoms with van der Waals surface area (Å²) in [6, 6.07) is 1.73. The van der Waals surface area contributed by atoms with Crippen molar-refractivity contribution in [2.45, 2.75) is 90.4 Å². The number of nitrogens with zero attached hydrogens (tertiary/aromatic N) is 1. The van der Waals surface area contributed by atoms with Gasteiger partial charge in [0.05, 0.1) is 6.61 Å². The van der Waals surface area contributed by atoms with Crippen LogP contribution in [-0.4, -0.2) is 43.2 Å². The van der Waals surface area contributed by atoms with E-state index in [1.807, 2.05) is 19.0 Å². The Morgan fingerprint density at radius 3 is 2.00 bits per heavy atom. The van der Waals surface area contributed by atoms with E-state index in [4.69, 9.17) is 9.15 Å². The Labute approximate surface area is 171 Å². The fourth-order valence-corrected chi connectivity index (χ4v) is 3.30. The maximum atomic E-state index is 11.3. The number of furan rings is 1. The first-order valence-electron chi connectivity index (χ1n) is 11.2. The third-order valence-electron chi connectivity index (χ3n) is 5.05. The molecule has 1 heterocycles. The van der Waals surface area contributed by atoms with Crippen LogP contribution in [0.25, 0.3) is 0 Å². The molecule has 28 heavy (non-hydrogen) atoms. The van der Waals surface area contributed by atoms with Crippen molar-refractivity contribution in [1.82, 2.24) is 4.90 Å². The number of likely N-dealkylation sites (N-methyl/N-ethyl adjacent to an activating group) is 1. The van der Waals surface area contributed by atoms with Crippen molar-refractivity contribution < 1.29 is 19.1 Å². The first-order valence-corrected chi connectivity index (χ1v) is 11.2. The molecule has 0 aliphatic carbocycles. The molecule has 1 aromatic heterocycles. The minimum Gasteiger partial charge on any atom is -0.475 e. The fraction of sp³-hybridized carbons (Fsp3) is 0.783. The molecule has 0 spiro atoms. The largest absolute Gasteiger partial charge is 0.475 e.